The van der Waals surface area contributed by atoms with Gasteiger partial charge in [0.05, 0.1) is 12.3 Å². The smallest absolute Gasteiger partial charge is 0.305 e. The molecule has 20 heavy (non-hydrogen) atoms. The lowest BCUT2D eigenvalue weighted by Crippen LogP contribution is -2.38. The maximum atomic E-state index is 12.5. The number of amides is 1. The highest BCUT2D eigenvalue weighted by atomic mass is 16.4. The molecule has 0 aliphatic heterocycles. The van der Waals surface area contributed by atoms with Gasteiger partial charge in [0, 0.05) is 13.1 Å². The van der Waals surface area contributed by atoms with Gasteiger partial charge >= 0.3 is 5.97 Å². The summed E-state index contributed by atoms with van der Waals surface area (Å²) >= 11 is 0. The first-order valence-electron chi connectivity index (χ1n) is 6.97. The second-order valence-electron chi connectivity index (χ2n) is 5.45. The van der Waals surface area contributed by atoms with Crippen LogP contribution >= 0.6 is 0 Å². The Morgan fingerprint density at radius 3 is 2.25 bits per heavy atom. The van der Waals surface area contributed by atoms with Gasteiger partial charge in [0.15, 0.2) is 0 Å². The number of hydrogen-bond donors (Lipinski definition) is 1. The molecule has 0 fully saturated rings. The van der Waals surface area contributed by atoms with Crippen molar-refractivity contribution >= 4 is 11.9 Å². The Bertz CT molecular complexity index is 442. The monoisotopic (exact) mass is 277 g/mol. The molecule has 1 N–H and O–H groups in total. The van der Waals surface area contributed by atoms with Crippen LogP contribution in [0.25, 0.3) is 0 Å². The number of carboxylic acid groups (broad SMARTS) is 1. The number of carboxylic acids is 1. The normalized spacial score (nSPS) is 12.2. The van der Waals surface area contributed by atoms with Crippen molar-refractivity contribution in [2.45, 2.75) is 33.1 Å². The largest absolute Gasteiger partial charge is 0.481 e. The summed E-state index contributed by atoms with van der Waals surface area (Å²) in [6.45, 7) is 6.76. The third kappa shape index (κ3) is 5.03. The van der Waals surface area contributed by atoms with Crippen LogP contribution in [0.3, 0.4) is 0 Å². The molecule has 1 rings (SSSR count). The van der Waals surface area contributed by atoms with Gasteiger partial charge in [0.1, 0.15) is 0 Å². The van der Waals surface area contributed by atoms with Gasteiger partial charge in [-0.2, -0.15) is 0 Å². The van der Waals surface area contributed by atoms with Crippen LogP contribution in [0.1, 0.15) is 38.7 Å². The van der Waals surface area contributed by atoms with Crippen LogP contribution in [0.4, 0.5) is 0 Å². The van der Waals surface area contributed by atoms with Crippen molar-refractivity contribution in [1.82, 2.24) is 4.90 Å². The lowest BCUT2D eigenvalue weighted by Gasteiger charge is -2.27. The predicted octanol–water partition coefficient (Wildman–Crippen LogP) is 2.75. The summed E-state index contributed by atoms with van der Waals surface area (Å²) in [5.74, 6) is -0.815. The van der Waals surface area contributed by atoms with Gasteiger partial charge < -0.3 is 10.0 Å². The molecule has 0 radical (unpaired) electrons. The van der Waals surface area contributed by atoms with E-state index in [2.05, 4.69) is 0 Å². The molecule has 1 aromatic rings. The molecule has 4 heteroatoms. The topological polar surface area (TPSA) is 57.6 Å². The first-order valence-corrected chi connectivity index (χ1v) is 6.97. The second-order valence-corrected chi connectivity index (χ2v) is 5.45. The van der Waals surface area contributed by atoms with E-state index in [1.54, 1.807) is 4.90 Å². The number of carbonyl (C=O) groups is 2. The number of hydrogen-bond acceptors (Lipinski definition) is 2. The third-order valence-corrected chi connectivity index (χ3v) is 3.16. The molecule has 0 bridgehead atoms. The van der Waals surface area contributed by atoms with Gasteiger partial charge in [-0.3, -0.25) is 9.59 Å². The molecule has 1 atom stereocenters. The van der Waals surface area contributed by atoms with Crippen molar-refractivity contribution in [2.24, 2.45) is 5.92 Å². The minimum atomic E-state index is -0.876. The van der Waals surface area contributed by atoms with E-state index in [1.807, 2.05) is 51.1 Å². The molecule has 1 aromatic carbocycles. The lowest BCUT2D eigenvalue weighted by molar-refractivity contribution is -0.139. The van der Waals surface area contributed by atoms with E-state index < -0.39 is 5.97 Å². The number of aliphatic carboxylic acids is 1. The predicted molar refractivity (Wildman–Crippen MR) is 78.5 cm³/mol. The fourth-order valence-corrected chi connectivity index (χ4v) is 2.12. The van der Waals surface area contributed by atoms with Crippen molar-refractivity contribution in [2.75, 3.05) is 13.1 Å². The highest BCUT2D eigenvalue weighted by Crippen LogP contribution is 2.18. The summed E-state index contributed by atoms with van der Waals surface area (Å²) in [4.78, 5) is 24.9. The molecule has 0 aromatic heterocycles. The Morgan fingerprint density at radius 1 is 1.15 bits per heavy atom. The van der Waals surface area contributed by atoms with Crippen LogP contribution in [0.15, 0.2) is 30.3 Å². The van der Waals surface area contributed by atoms with Crippen molar-refractivity contribution in [3.05, 3.63) is 35.9 Å². The molecule has 0 saturated carbocycles. The number of carbonyl (C=O) groups excluding carboxylic acids is 1. The van der Waals surface area contributed by atoms with Gasteiger partial charge in [0.25, 0.3) is 0 Å². The van der Waals surface area contributed by atoms with Crippen molar-refractivity contribution in [1.29, 1.82) is 0 Å². The third-order valence-electron chi connectivity index (χ3n) is 3.16. The van der Waals surface area contributed by atoms with E-state index in [-0.39, 0.29) is 24.8 Å². The SMILES string of the molecule is CC(C)CN(CCC(=O)O)C(=O)C(C)c1ccccc1. The zero-order valence-corrected chi connectivity index (χ0v) is 12.4. The molecule has 0 aliphatic carbocycles. The number of nitrogens with zero attached hydrogens (tertiary/aromatic N) is 1. The van der Waals surface area contributed by atoms with Gasteiger partial charge in [-0.15, -0.1) is 0 Å². The summed E-state index contributed by atoms with van der Waals surface area (Å²) < 4.78 is 0. The lowest BCUT2D eigenvalue weighted by atomic mass is 9.99. The fourth-order valence-electron chi connectivity index (χ4n) is 2.12. The molecule has 0 heterocycles. The number of rotatable bonds is 7. The average molecular weight is 277 g/mol. The molecular weight excluding hydrogens is 254 g/mol. The van der Waals surface area contributed by atoms with E-state index in [9.17, 15) is 9.59 Å². The Hall–Kier alpha value is -1.84. The molecule has 1 amide bonds. The van der Waals surface area contributed by atoms with Crippen LogP contribution in [0.5, 0.6) is 0 Å². The van der Waals surface area contributed by atoms with Gasteiger partial charge in [0.2, 0.25) is 5.91 Å². The van der Waals surface area contributed by atoms with E-state index >= 15 is 0 Å². The van der Waals surface area contributed by atoms with Crippen LogP contribution in [-0.2, 0) is 9.59 Å². The fraction of sp³-hybridized carbons (Fsp3) is 0.500. The molecule has 0 saturated heterocycles. The zero-order valence-electron chi connectivity index (χ0n) is 12.4. The average Bonchev–Trinajstić information content (AvgIpc) is 2.42. The standard InChI is InChI=1S/C16H23NO3/c1-12(2)11-17(10-9-15(18)19)16(20)13(3)14-7-5-4-6-8-14/h4-8,12-13H,9-11H2,1-3H3,(H,18,19). The highest BCUT2D eigenvalue weighted by molar-refractivity contribution is 5.83. The summed E-state index contributed by atoms with van der Waals surface area (Å²) in [7, 11) is 0. The Labute approximate surface area is 120 Å². The molecule has 0 spiro atoms. The van der Waals surface area contributed by atoms with Crippen molar-refractivity contribution < 1.29 is 14.7 Å². The van der Waals surface area contributed by atoms with E-state index in [4.69, 9.17) is 5.11 Å². The van der Waals surface area contributed by atoms with Crippen molar-refractivity contribution in [3.8, 4) is 0 Å². The second kappa shape index (κ2) is 7.68. The van der Waals surface area contributed by atoms with Gasteiger partial charge in [-0.1, -0.05) is 44.2 Å². The van der Waals surface area contributed by atoms with Crippen LogP contribution in [0.2, 0.25) is 0 Å². The number of benzene rings is 1. The maximum absolute atomic E-state index is 12.5. The van der Waals surface area contributed by atoms with Crippen LogP contribution < -0.4 is 0 Å². The first-order chi connectivity index (χ1) is 9.41. The molecule has 1 unspecified atom stereocenters. The quantitative estimate of drug-likeness (QED) is 0.833. The summed E-state index contributed by atoms with van der Waals surface area (Å²) in [6, 6.07) is 9.57. The Morgan fingerprint density at radius 2 is 1.75 bits per heavy atom. The maximum Gasteiger partial charge on any atom is 0.305 e. The Kier molecular flexibility index (Phi) is 6.22. The van der Waals surface area contributed by atoms with E-state index in [0.717, 1.165) is 5.56 Å². The summed E-state index contributed by atoms with van der Waals surface area (Å²) in [6.07, 6.45) is -0.0139. The van der Waals surface area contributed by atoms with Gasteiger partial charge in [-0.05, 0) is 18.4 Å². The van der Waals surface area contributed by atoms with E-state index in [0.29, 0.717) is 12.5 Å². The Balaban J connectivity index is 2.78. The molecule has 0 aliphatic rings. The van der Waals surface area contributed by atoms with E-state index in [1.165, 1.54) is 0 Å². The summed E-state index contributed by atoms with van der Waals surface area (Å²) in [5, 5.41) is 8.80. The molecule has 110 valence electrons. The first kappa shape index (κ1) is 16.2. The highest BCUT2D eigenvalue weighted by Gasteiger charge is 2.22. The summed E-state index contributed by atoms with van der Waals surface area (Å²) in [5.41, 5.74) is 0.960. The van der Waals surface area contributed by atoms with Crippen LogP contribution in [-0.4, -0.2) is 35.0 Å². The van der Waals surface area contributed by atoms with Gasteiger partial charge in [-0.25, -0.2) is 0 Å². The molecular formula is C16H23NO3. The van der Waals surface area contributed by atoms with Crippen molar-refractivity contribution in [3.63, 3.8) is 0 Å². The van der Waals surface area contributed by atoms with Crippen LogP contribution in [0, 0.1) is 5.92 Å². The minimum absolute atomic E-state index is 0.00819. The molecule has 4 nitrogen and oxygen atoms in total. The zero-order chi connectivity index (χ0) is 15.1. The minimum Gasteiger partial charge on any atom is -0.481 e.